The fourth-order valence-corrected chi connectivity index (χ4v) is 3.27. The van der Waals surface area contributed by atoms with E-state index in [0.717, 1.165) is 27.5 Å². The van der Waals surface area contributed by atoms with Crippen molar-refractivity contribution in [2.45, 2.75) is 13.8 Å². The summed E-state index contributed by atoms with van der Waals surface area (Å²) < 4.78 is 7.08. The highest BCUT2D eigenvalue weighted by Crippen LogP contribution is 2.32. The minimum absolute atomic E-state index is 0.329. The molecule has 4 nitrogen and oxygen atoms in total. The molecule has 2 aromatic heterocycles. The smallest absolute Gasteiger partial charge is 0.342 e. The number of carbonyl (C=O) groups excluding carboxylic acids is 1. The lowest BCUT2D eigenvalue weighted by Crippen LogP contribution is -2.05. The first-order valence-corrected chi connectivity index (χ1v) is 8.34. The van der Waals surface area contributed by atoms with Gasteiger partial charge in [-0.05, 0) is 37.1 Å². The van der Waals surface area contributed by atoms with Crippen LogP contribution in [0, 0.1) is 6.92 Å². The van der Waals surface area contributed by atoms with Crippen LogP contribution in [-0.4, -0.2) is 22.2 Å². The summed E-state index contributed by atoms with van der Waals surface area (Å²) in [5.41, 5.74) is 5.13. The minimum Gasteiger partial charge on any atom is -0.462 e. The normalized spacial score (nSPS) is 11.1. The van der Waals surface area contributed by atoms with Crippen LogP contribution < -0.4 is 0 Å². The zero-order valence-electron chi connectivity index (χ0n) is 14.2. The number of esters is 1. The molecule has 0 saturated carbocycles. The Labute approximate surface area is 145 Å². The maximum absolute atomic E-state index is 12.4. The monoisotopic (exact) mass is 330 g/mol. The lowest BCUT2D eigenvalue weighted by atomic mass is 10.00. The standard InChI is InChI=1S/C21H18N2O2/c1-3-25-21(24)20-14(2)22-23-18-12-8-7-11-16(18)17(13-19(20)23)15-9-5-4-6-10-15/h4-13H,3H2,1-2H3. The summed E-state index contributed by atoms with van der Waals surface area (Å²) in [5, 5.41) is 5.69. The first-order chi connectivity index (χ1) is 12.2. The second-order valence-corrected chi connectivity index (χ2v) is 5.92. The van der Waals surface area contributed by atoms with Gasteiger partial charge in [0, 0.05) is 5.39 Å². The number of hydrogen-bond donors (Lipinski definition) is 0. The van der Waals surface area contributed by atoms with E-state index < -0.39 is 0 Å². The van der Waals surface area contributed by atoms with Crippen molar-refractivity contribution in [2.75, 3.05) is 6.61 Å². The Morgan fingerprint density at radius 1 is 1.04 bits per heavy atom. The number of ether oxygens (including phenoxy) is 1. The van der Waals surface area contributed by atoms with Gasteiger partial charge < -0.3 is 4.74 Å². The number of nitrogens with zero attached hydrogens (tertiary/aromatic N) is 2. The van der Waals surface area contributed by atoms with E-state index in [0.29, 0.717) is 17.9 Å². The molecule has 0 aliphatic rings. The Kier molecular flexibility index (Phi) is 3.73. The number of carbonyl (C=O) groups is 1. The van der Waals surface area contributed by atoms with E-state index in [1.165, 1.54) is 0 Å². The van der Waals surface area contributed by atoms with Crippen LogP contribution in [0.3, 0.4) is 0 Å². The highest BCUT2D eigenvalue weighted by atomic mass is 16.5. The van der Waals surface area contributed by atoms with Gasteiger partial charge in [-0.25, -0.2) is 9.31 Å². The molecule has 0 unspecified atom stereocenters. The minimum atomic E-state index is -0.329. The second kappa shape index (κ2) is 6.06. The Bertz CT molecular complexity index is 1080. The van der Waals surface area contributed by atoms with Gasteiger partial charge in [-0.1, -0.05) is 48.5 Å². The number of fused-ring (bicyclic) bond motifs is 3. The molecule has 124 valence electrons. The van der Waals surface area contributed by atoms with Crippen molar-refractivity contribution in [1.82, 2.24) is 9.61 Å². The highest BCUT2D eigenvalue weighted by Gasteiger charge is 2.21. The first kappa shape index (κ1) is 15.4. The van der Waals surface area contributed by atoms with Gasteiger partial charge in [0.2, 0.25) is 0 Å². The van der Waals surface area contributed by atoms with Crippen LogP contribution in [0.1, 0.15) is 23.0 Å². The van der Waals surface area contributed by atoms with Crippen LogP contribution in [0.25, 0.3) is 27.5 Å². The van der Waals surface area contributed by atoms with E-state index >= 15 is 0 Å². The Hall–Kier alpha value is -3.14. The molecule has 0 atom stereocenters. The Morgan fingerprint density at radius 2 is 1.76 bits per heavy atom. The zero-order valence-corrected chi connectivity index (χ0v) is 14.2. The number of rotatable bonds is 3. The molecule has 0 bridgehead atoms. The molecule has 0 fully saturated rings. The summed E-state index contributed by atoms with van der Waals surface area (Å²) in [4.78, 5) is 12.4. The number of benzene rings is 2. The molecule has 0 N–H and O–H groups in total. The lowest BCUT2D eigenvalue weighted by molar-refractivity contribution is 0.0528. The van der Waals surface area contributed by atoms with Gasteiger partial charge in [-0.3, -0.25) is 0 Å². The van der Waals surface area contributed by atoms with Crippen molar-refractivity contribution in [2.24, 2.45) is 0 Å². The molecule has 4 heteroatoms. The summed E-state index contributed by atoms with van der Waals surface area (Å²) in [5.74, 6) is -0.329. The Morgan fingerprint density at radius 3 is 2.52 bits per heavy atom. The van der Waals surface area contributed by atoms with E-state index in [1.807, 2.05) is 60.8 Å². The summed E-state index contributed by atoms with van der Waals surface area (Å²) in [7, 11) is 0. The van der Waals surface area contributed by atoms with Gasteiger partial charge >= 0.3 is 5.97 Å². The third-order valence-corrected chi connectivity index (χ3v) is 4.36. The second-order valence-electron chi connectivity index (χ2n) is 5.92. The van der Waals surface area contributed by atoms with Crippen molar-refractivity contribution < 1.29 is 9.53 Å². The lowest BCUT2D eigenvalue weighted by Gasteiger charge is -2.10. The SMILES string of the molecule is CCOC(=O)c1c(C)nn2c1cc(-c1ccccc1)c1ccccc12. The molecule has 2 aromatic carbocycles. The third-order valence-electron chi connectivity index (χ3n) is 4.36. The molecule has 0 radical (unpaired) electrons. The van der Waals surface area contributed by atoms with Crippen LogP contribution in [-0.2, 0) is 4.74 Å². The maximum Gasteiger partial charge on any atom is 0.342 e. The van der Waals surface area contributed by atoms with Crippen LogP contribution in [0.15, 0.2) is 60.7 Å². The molecule has 0 aliphatic carbocycles. The molecule has 2 heterocycles. The molecule has 0 saturated heterocycles. The first-order valence-electron chi connectivity index (χ1n) is 8.34. The van der Waals surface area contributed by atoms with Gasteiger partial charge in [-0.2, -0.15) is 5.10 Å². The van der Waals surface area contributed by atoms with Crippen molar-refractivity contribution in [3.63, 3.8) is 0 Å². The van der Waals surface area contributed by atoms with Crippen molar-refractivity contribution in [3.05, 3.63) is 71.9 Å². The largest absolute Gasteiger partial charge is 0.462 e. The molecule has 25 heavy (non-hydrogen) atoms. The summed E-state index contributed by atoms with van der Waals surface area (Å²) in [6.45, 7) is 3.99. The van der Waals surface area contributed by atoms with Crippen molar-refractivity contribution in [1.29, 1.82) is 0 Å². The Balaban J connectivity index is 2.11. The van der Waals surface area contributed by atoms with E-state index in [-0.39, 0.29) is 5.97 Å². The van der Waals surface area contributed by atoms with Gasteiger partial charge in [0.15, 0.2) is 0 Å². The van der Waals surface area contributed by atoms with Gasteiger partial charge in [0.25, 0.3) is 0 Å². The number of pyridine rings is 1. The van der Waals surface area contributed by atoms with Gasteiger partial charge in [0.05, 0.1) is 23.3 Å². The number of aryl methyl sites for hydroxylation is 1. The highest BCUT2D eigenvalue weighted by molar-refractivity contribution is 6.04. The number of para-hydroxylation sites is 1. The summed E-state index contributed by atoms with van der Waals surface area (Å²) in [6.07, 6.45) is 0. The van der Waals surface area contributed by atoms with Gasteiger partial charge in [-0.15, -0.1) is 0 Å². The number of hydrogen-bond acceptors (Lipinski definition) is 3. The molecule has 0 aliphatic heterocycles. The molecule has 0 spiro atoms. The van der Waals surface area contributed by atoms with Crippen LogP contribution >= 0.6 is 0 Å². The number of aromatic nitrogens is 2. The van der Waals surface area contributed by atoms with E-state index in [2.05, 4.69) is 23.3 Å². The van der Waals surface area contributed by atoms with Crippen LogP contribution in [0.5, 0.6) is 0 Å². The van der Waals surface area contributed by atoms with Crippen LogP contribution in [0.2, 0.25) is 0 Å². The quantitative estimate of drug-likeness (QED) is 0.514. The molecular formula is C21H18N2O2. The van der Waals surface area contributed by atoms with Crippen LogP contribution in [0.4, 0.5) is 0 Å². The van der Waals surface area contributed by atoms with E-state index in [4.69, 9.17) is 4.74 Å². The van der Waals surface area contributed by atoms with Crippen molar-refractivity contribution >= 4 is 22.4 Å². The average Bonchev–Trinajstić information content (AvgIpc) is 2.98. The summed E-state index contributed by atoms with van der Waals surface area (Å²) in [6, 6.07) is 20.3. The molecular weight excluding hydrogens is 312 g/mol. The fourth-order valence-electron chi connectivity index (χ4n) is 3.27. The van der Waals surface area contributed by atoms with E-state index in [9.17, 15) is 4.79 Å². The third kappa shape index (κ3) is 2.47. The zero-order chi connectivity index (χ0) is 17.4. The fraction of sp³-hybridized carbons (Fsp3) is 0.143. The van der Waals surface area contributed by atoms with Gasteiger partial charge in [0.1, 0.15) is 5.56 Å². The predicted octanol–water partition coefficient (Wildman–Crippen LogP) is 4.64. The maximum atomic E-state index is 12.4. The average molecular weight is 330 g/mol. The van der Waals surface area contributed by atoms with E-state index in [1.54, 1.807) is 0 Å². The molecule has 4 aromatic rings. The predicted molar refractivity (Wildman–Crippen MR) is 98.8 cm³/mol. The molecule has 4 rings (SSSR count). The van der Waals surface area contributed by atoms with Crippen molar-refractivity contribution in [3.8, 4) is 11.1 Å². The summed E-state index contributed by atoms with van der Waals surface area (Å²) >= 11 is 0. The molecule has 0 amide bonds. The topological polar surface area (TPSA) is 43.6 Å².